The van der Waals surface area contributed by atoms with Gasteiger partial charge in [0.05, 0.1) is 6.54 Å². The molecule has 0 aromatic heterocycles. The van der Waals surface area contributed by atoms with Crippen molar-refractivity contribution in [1.29, 1.82) is 0 Å². The molecule has 0 fully saturated rings. The summed E-state index contributed by atoms with van der Waals surface area (Å²) < 4.78 is 5.51. The van der Waals surface area contributed by atoms with Crippen molar-refractivity contribution in [2.24, 2.45) is 0 Å². The average Bonchev–Trinajstić information content (AvgIpc) is 2.49. The molecule has 0 radical (unpaired) electrons. The second kappa shape index (κ2) is 8.56. The Kier molecular flexibility index (Phi) is 7.07. The minimum Gasteiger partial charge on any atom is -0.484 e. The fourth-order valence-corrected chi connectivity index (χ4v) is 2.07. The fraction of sp³-hybridized carbons (Fsp3) is 0.556. The zero-order chi connectivity index (χ0) is 17.5. The molecule has 0 saturated heterocycles. The fourth-order valence-electron chi connectivity index (χ4n) is 2.07. The number of benzene rings is 1. The molecule has 1 N–H and O–H groups in total. The largest absolute Gasteiger partial charge is 0.484 e. The maximum atomic E-state index is 12.2. The van der Waals surface area contributed by atoms with E-state index in [2.05, 4.69) is 12.2 Å². The minimum absolute atomic E-state index is 0.0464. The van der Waals surface area contributed by atoms with Crippen LogP contribution in [0.2, 0.25) is 0 Å². The van der Waals surface area contributed by atoms with E-state index in [4.69, 9.17) is 4.74 Å². The number of hydrogen-bond acceptors (Lipinski definition) is 3. The second-order valence-corrected chi connectivity index (χ2v) is 6.49. The van der Waals surface area contributed by atoms with Crippen molar-refractivity contribution in [3.63, 3.8) is 0 Å². The van der Waals surface area contributed by atoms with Crippen molar-refractivity contribution in [3.05, 3.63) is 29.8 Å². The number of aryl methyl sites for hydroxylation is 1. The molecule has 0 bridgehead atoms. The summed E-state index contributed by atoms with van der Waals surface area (Å²) in [4.78, 5) is 25.6. The SMILES string of the molecule is CCc1ccc(OCC(=O)N(CC)CC(=O)NC(C)(C)C)cc1. The Hall–Kier alpha value is -2.04. The second-order valence-electron chi connectivity index (χ2n) is 6.49. The van der Waals surface area contributed by atoms with Crippen LogP contribution in [0, 0.1) is 0 Å². The molecular formula is C18H28N2O3. The zero-order valence-electron chi connectivity index (χ0n) is 14.8. The van der Waals surface area contributed by atoms with Crippen molar-refractivity contribution in [1.82, 2.24) is 10.2 Å². The molecule has 23 heavy (non-hydrogen) atoms. The number of likely N-dealkylation sites (N-methyl/N-ethyl adjacent to an activating group) is 1. The van der Waals surface area contributed by atoms with Gasteiger partial charge in [-0.1, -0.05) is 19.1 Å². The highest BCUT2D eigenvalue weighted by Gasteiger charge is 2.19. The van der Waals surface area contributed by atoms with E-state index >= 15 is 0 Å². The Bertz CT molecular complexity index is 518. The number of nitrogens with one attached hydrogen (secondary N) is 1. The third-order valence-corrected chi connectivity index (χ3v) is 3.28. The van der Waals surface area contributed by atoms with Gasteiger partial charge >= 0.3 is 0 Å². The van der Waals surface area contributed by atoms with Crippen LogP contribution in [0.3, 0.4) is 0 Å². The van der Waals surface area contributed by atoms with E-state index in [-0.39, 0.29) is 30.5 Å². The number of hydrogen-bond donors (Lipinski definition) is 1. The molecule has 0 heterocycles. The summed E-state index contributed by atoms with van der Waals surface area (Å²) in [5.74, 6) is 0.293. The molecule has 0 aliphatic rings. The molecule has 1 rings (SSSR count). The topological polar surface area (TPSA) is 58.6 Å². The van der Waals surface area contributed by atoms with Crippen LogP contribution >= 0.6 is 0 Å². The predicted molar refractivity (Wildman–Crippen MR) is 91.5 cm³/mol. The lowest BCUT2D eigenvalue weighted by atomic mass is 10.1. The van der Waals surface area contributed by atoms with Crippen LogP contribution in [-0.2, 0) is 16.0 Å². The minimum atomic E-state index is -0.308. The van der Waals surface area contributed by atoms with Crippen LogP contribution in [0.1, 0.15) is 40.2 Å². The Labute approximate surface area is 139 Å². The molecule has 2 amide bonds. The van der Waals surface area contributed by atoms with Crippen molar-refractivity contribution in [2.75, 3.05) is 19.7 Å². The smallest absolute Gasteiger partial charge is 0.260 e. The van der Waals surface area contributed by atoms with Crippen LogP contribution < -0.4 is 10.1 Å². The molecule has 5 heteroatoms. The Morgan fingerprint density at radius 2 is 1.74 bits per heavy atom. The molecule has 0 aliphatic carbocycles. The highest BCUT2D eigenvalue weighted by atomic mass is 16.5. The lowest BCUT2D eigenvalue weighted by molar-refractivity contribution is -0.137. The summed E-state index contributed by atoms with van der Waals surface area (Å²) in [6, 6.07) is 7.67. The number of carbonyl (C=O) groups excluding carboxylic acids is 2. The van der Waals surface area contributed by atoms with E-state index in [1.165, 1.54) is 10.5 Å². The standard InChI is InChI=1S/C18H28N2O3/c1-6-14-8-10-15(11-9-14)23-13-17(22)20(7-2)12-16(21)19-18(3,4)5/h8-11H,6-7,12-13H2,1-5H3,(H,19,21). The third-order valence-electron chi connectivity index (χ3n) is 3.28. The number of amides is 2. The lowest BCUT2D eigenvalue weighted by Crippen LogP contribution is -2.48. The van der Waals surface area contributed by atoms with Gasteiger partial charge in [0.25, 0.3) is 5.91 Å². The van der Waals surface area contributed by atoms with Crippen molar-refractivity contribution in [2.45, 2.75) is 46.6 Å². The van der Waals surface area contributed by atoms with Gasteiger partial charge in [-0.25, -0.2) is 0 Å². The summed E-state index contributed by atoms with van der Waals surface area (Å²) >= 11 is 0. The summed E-state index contributed by atoms with van der Waals surface area (Å²) in [6.07, 6.45) is 0.964. The van der Waals surface area contributed by atoms with Crippen molar-refractivity contribution < 1.29 is 14.3 Å². The highest BCUT2D eigenvalue weighted by Crippen LogP contribution is 2.12. The molecule has 0 saturated carbocycles. The average molecular weight is 320 g/mol. The van der Waals surface area contributed by atoms with Crippen LogP contribution in [0.4, 0.5) is 0 Å². The Balaban J connectivity index is 2.51. The van der Waals surface area contributed by atoms with Gasteiger partial charge in [-0.05, 0) is 51.8 Å². The summed E-state index contributed by atoms with van der Waals surface area (Å²) in [6.45, 7) is 10.1. The number of carbonyl (C=O) groups is 2. The predicted octanol–water partition coefficient (Wildman–Crippen LogP) is 2.39. The molecular weight excluding hydrogens is 292 g/mol. The number of rotatable bonds is 7. The van der Waals surface area contributed by atoms with Crippen LogP contribution in [0.25, 0.3) is 0 Å². The summed E-state index contributed by atoms with van der Waals surface area (Å²) in [5, 5.41) is 2.85. The van der Waals surface area contributed by atoms with E-state index in [1.54, 1.807) is 0 Å². The van der Waals surface area contributed by atoms with E-state index in [0.29, 0.717) is 12.3 Å². The third kappa shape index (κ3) is 7.17. The van der Waals surface area contributed by atoms with Gasteiger partial charge in [0.15, 0.2) is 6.61 Å². The summed E-state index contributed by atoms with van der Waals surface area (Å²) in [5.41, 5.74) is 0.912. The number of ether oxygens (including phenoxy) is 1. The molecule has 0 aliphatic heterocycles. The quantitative estimate of drug-likeness (QED) is 0.839. The molecule has 1 aromatic carbocycles. The van der Waals surface area contributed by atoms with Gasteiger partial charge in [0, 0.05) is 12.1 Å². The van der Waals surface area contributed by atoms with E-state index in [9.17, 15) is 9.59 Å². The molecule has 128 valence electrons. The first kappa shape index (κ1) is 19.0. The maximum absolute atomic E-state index is 12.2. The maximum Gasteiger partial charge on any atom is 0.260 e. The van der Waals surface area contributed by atoms with Crippen LogP contribution in [0.15, 0.2) is 24.3 Å². The molecule has 0 atom stereocenters. The van der Waals surface area contributed by atoms with E-state index in [1.807, 2.05) is 52.0 Å². The molecule has 0 unspecified atom stereocenters. The van der Waals surface area contributed by atoms with Gasteiger partial charge in [-0.15, -0.1) is 0 Å². The van der Waals surface area contributed by atoms with Crippen LogP contribution in [0.5, 0.6) is 5.75 Å². The van der Waals surface area contributed by atoms with Gasteiger partial charge in [0.1, 0.15) is 5.75 Å². The lowest BCUT2D eigenvalue weighted by Gasteiger charge is -2.25. The van der Waals surface area contributed by atoms with Crippen LogP contribution in [-0.4, -0.2) is 41.9 Å². The first-order valence-electron chi connectivity index (χ1n) is 8.05. The molecule has 0 spiro atoms. The Morgan fingerprint density at radius 3 is 2.22 bits per heavy atom. The monoisotopic (exact) mass is 320 g/mol. The van der Waals surface area contributed by atoms with Gasteiger partial charge in [-0.2, -0.15) is 0 Å². The van der Waals surface area contributed by atoms with E-state index < -0.39 is 0 Å². The van der Waals surface area contributed by atoms with Gasteiger partial charge in [0.2, 0.25) is 5.91 Å². The van der Waals surface area contributed by atoms with Gasteiger partial charge in [-0.3, -0.25) is 9.59 Å². The Morgan fingerprint density at radius 1 is 1.13 bits per heavy atom. The van der Waals surface area contributed by atoms with E-state index in [0.717, 1.165) is 6.42 Å². The van der Waals surface area contributed by atoms with Crippen molar-refractivity contribution in [3.8, 4) is 5.75 Å². The highest BCUT2D eigenvalue weighted by molar-refractivity contribution is 5.85. The first-order valence-corrected chi connectivity index (χ1v) is 8.05. The zero-order valence-corrected chi connectivity index (χ0v) is 14.8. The summed E-state index contributed by atoms with van der Waals surface area (Å²) in [7, 11) is 0. The molecule has 5 nitrogen and oxygen atoms in total. The normalized spacial score (nSPS) is 11.0. The first-order chi connectivity index (χ1) is 10.7. The van der Waals surface area contributed by atoms with Gasteiger partial charge < -0.3 is 15.0 Å². The number of nitrogens with zero attached hydrogens (tertiary/aromatic N) is 1. The molecule has 1 aromatic rings. The van der Waals surface area contributed by atoms with Crippen molar-refractivity contribution >= 4 is 11.8 Å².